The van der Waals surface area contributed by atoms with Crippen LogP contribution in [-0.2, 0) is 47.8 Å². The van der Waals surface area contributed by atoms with Gasteiger partial charge in [0.2, 0.25) is 0 Å². The van der Waals surface area contributed by atoms with Crippen LogP contribution in [0.4, 0.5) is 0 Å². The Bertz CT molecular complexity index is 1360. The van der Waals surface area contributed by atoms with Gasteiger partial charge in [-0.15, -0.1) is 0 Å². The fourth-order valence-electron chi connectivity index (χ4n) is 6.77. The Morgan fingerprint density at radius 2 is 0.681 bits per heavy atom. The second-order valence-electron chi connectivity index (χ2n) is 11.7. The maximum atomic E-state index is 13.8. The molecule has 2 saturated heterocycles. The van der Waals surface area contributed by atoms with Crippen molar-refractivity contribution >= 4 is 61.2 Å². The first-order valence-corrected chi connectivity index (χ1v) is 15.5. The Hall–Kier alpha value is -2.52. The van der Waals surface area contributed by atoms with Gasteiger partial charge in [-0.05, 0) is 0 Å². The van der Waals surface area contributed by atoms with Crippen LogP contribution in [0.3, 0.4) is 0 Å². The third-order valence-electron chi connectivity index (χ3n) is 9.31. The van der Waals surface area contributed by atoms with Crippen molar-refractivity contribution in [1.29, 1.82) is 0 Å². The van der Waals surface area contributed by atoms with Gasteiger partial charge in [-0.25, -0.2) is 0 Å². The average Bonchev–Trinajstić information content (AvgIpc) is 2.96. The molecule has 2 rings (SSSR count). The minimum absolute atomic E-state index is 0.446. The molecule has 10 atom stereocenters. The summed E-state index contributed by atoms with van der Waals surface area (Å²) in [4.78, 5) is 107. The van der Waals surface area contributed by atoms with E-state index < -0.39 is 129 Å². The minimum atomic E-state index is -4.19. The van der Waals surface area contributed by atoms with Crippen LogP contribution in [0.25, 0.3) is 0 Å². The predicted octanol–water partition coefficient (Wildman–Crippen LogP) is -6.04. The molecule has 0 radical (unpaired) electrons. The zero-order valence-corrected chi connectivity index (χ0v) is 28.4. The number of carbonyl (C=O) groups excluding carboxylic acids is 8. The molecule has 0 saturated carbocycles. The number of Topliss-reactive ketones (excluding diaryl/α,β-unsaturated/α-hetero) is 8. The van der Waals surface area contributed by atoms with Crippen molar-refractivity contribution in [1.82, 2.24) is 0 Å². The van der Waals surface area contributed by atoms with E-state index in [1.165, 1.54) is 0 Å². The van der Waals surface area contributed by atoms with E-state index in [1.807, 2.05) is 0 Å². The van der Waals surface area contributed by atoms with Crippen molar-refractivity contribution in [3.05, 3.63) is 0 Å². The fourth-order valence-corrected chi connectivity index (χ4v) is 10.8. The standard InChI is InChI=1S/C28H38O18Se/c1-11(31)21(39)19(9-29)45-27(17(7)37,25(43,15(5)35)23(21,41)13(3)33)47-28(18(8)38)26(44,16(6)36)24(42,14(4)34)22(40,12(2)32)20(10-30)46-28/h19-20,29-30,39-44H,9-10H2,1-8H3/t19-,20-,21-,22-,23+,24+,25-,26-,27?,28?/m1/s1. The van der Waals surface area contributed by atoms with Crippen LogP contribution in [0.5, 0.6) is 0 Å². The van der Waals surface area contributed by atoms with E-state index in [9.17, 15) is 79.2 Å². The summed E-state index contributed by atoms with van der Waals surface area (Å²) in [5.74, 6) is -13.7. The van der Waals surface area contributed by atoms with E-state index in [0.29, 0.717) is 55.4 Å². The van der Waals surface area contributed by atoms with Crippen LogP contribution in [0.2, 0.25) is 0 Å². The van der Waals surface area contributed by atoms with E-state index in [4.69, 9.17) is 9.47 Å². The SMILES string of the molecule is CC(=O)C1([Se]C2(C(C)=O)O[C@H](CO)[C@](O)(C(C)=O)[C@@](O)(C(C)=O)[C@]2(O)C(C)=O)O[C@H](CO)[C@](O)(C(C)=O)[C@@](O)(C(C)=O)[C@]1(O)C(C)=O. The van der Waals surface area contributed by atoms with Gasteiger partial charge in [-0.2, -0.15) is 0 Å². The Morgan fingerprint density at radius 1 is 0.447 bits per heavy atom. The molecule has 0 bridgehead atoms. The molecule has 264 valence electrons. The first-order chi connectivity index (χ1) is 21.1. The predicted molar refractivity (Wildman–Crippen MR) is 150 cm³/mol. The third kappa shape index (κ3) is 4.33. The number of aliphatic hydroxyl groups is 8. The van der Waals surface area contributed by atoms with Crippen molar-refractivity contribution in [3.8, 4) is 0 Å². The number of carbonyl (C=O) groups is 8. The molecular weight excluding hydrogens is 703 g/mol. The van der Waals surface area contributed by atoms with Gasteiger partial charge in [0.1, 0.15) is 0 Å². The van der Waals surface area contributed by atoms with Crippen LogP contribution in [0.15, 0.2) is 0 Å². The topological polar surface area (TPSA) is 317 Å². The Kier molecular flexibility index (Phi) is 10.5. The number of ether oxygens (including phenoxy) is 2. The molecule has 0 aromatic rings. The molecule has 2 unspecified atom stereocenters. The first kappa shape index (κ1) is 40.7. The summed E-state index contributed by atoms with van der Waals surface area (Å²) in [7, 11) is 0. The molecule has 8 N–H and O–H groups in total. The number of hydrogen-bond acceptors (Lipinski definition) is 18. The van der Waals surface area contributed by atoms with E-state index in [0.717, 1.165) is 0 Å². The Morgan fingerprint density at radius 3 is 0.830 bits per heavy atom. The van der Waals surface area contributed by atoms with Gasteiger partial charge < -0.3 is 0 Å². The van der Waals surface area contributed by atoms with E-state index in [-0.39, 0.29) is 0 Å². The second-order valence-corrected chi connectivity index (χ2v) is 14.6. The summed E-state index contributed by atoms with van der Waals surface area (Å²) >= 11 is -2.94. The first-order valence-electron chi connectivity index (χ1n) is 13.8. The fraction of sp³-hybridized carbons (Fsp3) is 0.714. The molecule has 47 heavy (non-hydrogen) atoms. The molecule has 0 aromatic carbocycles. The van der Waals surface area contributed by atoms with Crippen molar-refractivity contribution in [3.63, 3.8) is 0 Å². The summed E-state index contributed by atoms with van der Waals surface area (Å²) in [6.07, 6.45) is -5.24. The zero-order chi connectivity index (χ0) is 37.3. The number of aliphatic hydroxyl groups excluding tert-OH is 2. The number of ketones is 8. The van der Waals surface area contributed by atoms with Gasteiger partial charge in [0.05, 0.1) is 0 Å². The molecule has 0 aliphatic carbocycles. The van der Waals surface area contributed by atoms with Crippen LogP contribution in [0, 0.1) is 0 Å². The van der Waals surface area contributed by atoms with E-state index in [2.05, 4.69) is 0 Å². The molecule has 18 nitrogen and oxygen atoms in total. The molecule has 2 fully saturated rings. The third-order valence-corrected chi connectivity index (χ3v) is 13.4. The quantitative estimate of drug-likeness (QED) is 0.0863. The molecule has 2 aliphatic heterocycles. The normalized spacial score (nSPS) is 43.5. The van der Waals surface area contributed by atoms with Crippen molar-refractivity contribution < 1.29 is 88.7 Å². The average molecular weight is 742 g/mol. The summed E-state index contributed by atoms with van der Waals surface area (Å²) in [5.41, 5.74) is -24.1. The van der Waals surface area contributed by atoms with Crippen molar-refractivity contribution in [2.75, 3.05) is 13.2 Å². The second kappa shape index (κ2) is 12.1. The number of rotatable bonds is 12. The van der Waals surface area contributed by atoms with Gasteiger partial charge in [-0.3, -0.25) is 0 Å². The summed E-state index contributed by atoms with van der Waals surface area (Å²) in [6, 6.07) is 0. The Balaban J connectivity index is 3.41. The molecule has 0 aromatic heterocycles. The van der Waals surface area contributed by atoms with Gasteiger partial charge in [0.15, 0.2) is 0 Å². The van der Waals surface area contributed by atoms with Gasteiger partial charge >= 0.3 is 273 Å². The van der Waals surface area contributed by atoms with Crippen molar-refractivity contribution in [2.45, 2.75) is 110 Å². The molecule has 0 amide bonds. The molecule has 2 aliphatic rings. The van der Waals surface area contributed by atoms with Gasteiger partial charge in [-0.1, -0.05) is 0 Å². The van der Waals surface area contributed by atoms with Gasteiger partial charge in [0, 0.05) is 0 Å². The maximum absolute atomic E-state index is 13.8. The van der Waals surface area contributed by atoms with Gasteiger partial charge in [0.25, 0.3) is 0 Å². The van der Waals surface area contributed by atoms with E-state index >= 15 is 0 Å². The van der Waals surface area contributed by atoms with Crippen LogP contribution >= 0.6 is 0 Å². The van der Waals surface area contributed by atoms with Crippen molar-refractivity contribution in [2.24, 2.45) is 0 Å². The number of hydrogen-bond donors (Lipinski definition) is 8. The van der Waals surface area contributed by atoms with E-state index in [1.54, 1.807) is 0 Å². The molecule has 2 heterocycles. The molecule has 0 spiro atoms. The summed E-state index contributed by atoms with van der Waals surface area (Å²) in [5, 5.41) is 91.9. The Labute approximate surface area is 273 Å². The van der Waals surface area contributed by atoms with Crippen LogP contribution < -0.4 is 0 Å². The van der Waals surface area contributed by atoms with Crippen LogP contribution in [-0.4, -0.2) is 170 Å². The van der Waals surface area contributed by atoms with Crippen LogP contribution in [0.1, 0.15) is 55.4 Å². The summed E-state index contributed by atoms with van der Waals surface area (Å²) < 4.78 is 3.77. The zero-order valence-electron chi connectivity index (χ0n) is 26.6. The monoisotopic (exact) mass is 742 g/mol. The molecule has 19 heteroatoms. The molecular formula is C28H38O18Se. The summed E-state index contributed by atoms with van der Waals surface area (Å²) in [6.45, 7) is 0.874.